The van der Waals surface area contributed by atoms with Crippen LogP contribution in [0.4, 0.5) is 13.6 Å². The molecule has 9 heteroatoms. The number of hydrogen-bond donors (Lipinski definition) is 1. The lowest BCUT2D eigenvalue weighted by molar-refractivity contribution is -0.146. The predicted molar refractivity (Wildman–Crippen MR) is 116 cm³/mol. The quantitative estimate of drug-likeness (QED) is 0.520. The molecule has 0 fully saturated rings. The molecule has 0 saturated heterocycles. The van der Waals surface area contributed by atoms with Gasteiger partial charge in [-0.15, -0.1) is 0 Å². The van der Waals surface area contributed by atoms with Gasteiger partial charge in [0.1, 0.15) is 18.2 Å². The second-order valence-corrected chi connectivity index (χ2v) is 8.93. The molecular weight excluding hydrogens is 442 g/mol. The number of nitrogens with zero attached hydrogens (tertiary/aromatic N) is 1. The number of esters is 1. The van der Waals surface area contributed by atoms with Gasteiger partial charge in [0.2, 0.25) is 0 Å². The van der Waals surface area contributed by atoms with E-state index >= 15 is 0 Å². The van der Waals surface area contributed by atoms with Crippen LogP contribution in [0.25, 0.3) is 0 Å². The summed E-state index contributed by atoms with van der Waals surface area (Å²) < 4.78 is 38.6. The highest BCUT2D eigenvalue weighted by atomic mass is 35.5. The van der Waals surface area contributed by atoms with Crippen LogP contribution in [-0.4, -0.2) is 36.1 Å². The van der Waals surface area contributed by atoms with E-state index in [4.69, 9.17) is 21.1 Å². The molecule has 2 aromatic rings. The van der Waals surface area contributed by atoms with Gasteiger partial charge in [-0.05, 0) is 62.6 Å². The van der Waals surface area contributed by atoms with Crippen molar-refractivity contribution in [2.45, 2.75) is 45.4 Å². The highest BCUT2D eigenvalue weighted by Gasteiger charge is 2.37. The summed E-state index contributed by atoms with van der Waals surface area (Å²) in [5.41, 5.74) is 0.651. The number of benzene rings is 2. The summed E-state index contributed by atoms with van der Waals surface area (Å²) in [6.07, 6.45) is 0.470. The fraction of sp³-hybridized carbons (Fsp3) is 0.391. The molecule has 6 nitrogen and oxygen atoms in total. The van der Waals surface area contributed by atoms with Crippen molar-refractivity contribution in [3.8, 4) is 5.75 Å². The van der Waals surface area contributed by atoms with Gasteiger partial charge in [0.25, 0.3) is 0 Å². The van der Waals surface area contributed by atoms with Crippen molar-refractivity contribution >= 4 is 23.6 Å². The maximum absolute atomic E-state index is 14.1. The maximum Gasteiger partial charge on any atom is 0.333 e. The predicted octanol–water partition coefficient (Wildman–Crippen LogP) is 4.78. The van der Waals surface area contributed by atoms with E-state index in [1.807, 2.05) is 20.8 Å². The highest BCUT2D eigenvalue weighted by Crippen LogP contribution is 2.34. The van der Waals surface area contributed by atoms with Crippen LogP contribution in [-0.2, 0) is 22.6 Å². The first kappa shape index (κ1) is 23.8. The van der Waals surface area contributed by atoms with Crippen LogP contribution in [0, 0.1) is 11.6 Å². The molecule has 1 heterocycles. The average Bonchev–Trinajstić information content (AvgIpc) is 2.73. The molecule has 3 rings (SSSR count). The van der Waals surface area contributed by atoms with Crippen LogP contribution in [0.5, 0.6) is 5.75 Å². The molecule has 2 amide bonds. The van der Waals surface area contributed by atoms with Crippen molar-refractivity contribution in [2.75, 3.05) is 13.7 Å². The van der Waals surface area contributed by atoms with E-state index in [1.165, 1.54) is 12.0 Å². The third kappa shape index (κ3) is 5.12. The molecule has 0 aliphatic carbocycles. The lowest BCUT2D eigenvalue weighted by atomic mass is 9.92. The van der Waals surface area contributed by atoms with E-state index < -0.39 is 29.2 Å². The SMILES string of the molecule is COC(=O)[C@H]1c2ccc(OCc3c(F)ccc(Cl)c3F)cc2CCN1C(=O)NC(C)(C)C. The number of rotatable bonds is 4. The lowest BCUT2D eigenvalue weighted by Gasteiger charge is -2.37. The van der Waals surface area contributed by atoms with Gasteiger partial charge in [-0.25, -0.2) is 18.4 Å². The lowest BCUT2D eigenvalue weighted by Crippen LogP contribution is -2.53. The van der Waals surface area contributed by atoms with E-state index in [-0.39, 0.29) is 29.8 Å². The Bertz CT molecular complexity index is 1040. The highest BCUT2D eigenvalue weighted by molar-refractivity contribution is 6.30. The van der Waals surface area contributed by atoms with Crippen LogP contribution >= 0.6 is 11.6 Å². The van der Waals surface area contributed by atoms with Gasteiger partial charge in [0.15, 0.2) is 11.9 Å². The molecule has 1 aliphatic rings. The summed E-state index contributed by atoms with van der Waals surface area (Å²) in [7, 11) is 1.27. The second-order valence-electron chi connectivity index (χ2n) is 8.52. The third-order valence-electron chi connectivity index (χ3n) is 5.03. The van der Waals surface area contributed by atoms with Crippen LogP contribution in [0.2, 0.25) is 5.02 Å². The van der Waals surface area contributed by atoms with Gasteiger partial charge in [0.05, 0.1) is 17.7 Å². The minimum absolute atomic E-state index is 0.190. The summed E-state index contributed by atoms with van der Waals surface area (Å²) in [5.74, 6) is -1.81. The summed E-state index contributed by atoms with van der Waals surface area (Å²) >= 11 is 5.72. The Morgan fingerprint density at radius 3 is 2.59 bits per heavy atom. The number of urea groups is 1. The Morgan fingerprint density at radius 2 is 1.94 bits per heavy atom. The average molecular weight is 467 g/mol. The summed E-state index contributed by atoms with van der Waals surface area (Å²) in [6, 6.07) is 5.88. The number of amides is 2. The molecule has 2 aromatic carbocycles. The Balaban J connectivity index is 1.84. The summed E-state index contributed by atoms with van der Waals surface area (Å²) in [6.45, 7) is 5.49. The van der Waals surface area contributed by atoms with Crippen molar-refractivity contribution in [3.63, 3.8) is 0 Å². The molecule has 32 heavy (non-hydrogen) atoms. The van der Waals surface area contributed by atoms with Crippen LogP contribution in [0.15, 0.2) is 30.3 Å². The first-order valence-electron chi connectivity index (χ1n) is 10.1. The van der Waals surface area contributed by atoms with Gasteiger partial charge >= 0.3 is 12.0 Å². The summed E-state index contributed by atoms with van der Waals surface area (Å²) in [5, 5.41) is 2.68. The van der Waals surface area contributed by atoms with Crippen LogP contribution < -0.4 is 10.1 Å². The first-order chi connectivity index (χ1) is 15.0. The Kier molecular flexibility index (Phi) is 6.93. The van der Waals surface area contributed by atoms with Gasteiger partial charge in [-0.1, -0.05) is 17.7 Å². The number of fused-ring (bicyclic) bond motifs is 1. The van der Waals surface area contributed by atoms with Crippen molar-refractivity contribution in [1.82, 2.24) is 10.2 Å². The van der Waals surface area contributed by atoms with Crippen molar-refractivity contribution in [1.29, 1.82) is 0 Å². The molecule has 0 bridgehead atoms. The Labute approximate surface area is 190 Å². The number of nitrogens with one attached hydrogen (secondary N) is 1. The molecule has 0 radical (unpaired) electrons. The number of hydrogen-bond acceptors (Lipinski definition) is 4. The van der Waals surface area contributed by atoms with Crippen LogP contribution in [0.1, 0.15) is 43.5 Å². The van der Waals surface area contributed by atoms with E-state index in [2.05, 4.69) is 5.32 Å². The van der Waals surface area contributed by atoms with Gasteiger partial charge in [-0.2, -0.15) is 0 Å². The fourth-order valence-electron chi connectivity index (χ4n) is 3.53. The van der Waals surface area contributed by atoms with Crippen molar-refractivity contribution in [3.05, 3.63) is 63.7 Å². The Hall–Kier alpha value is -2.87. The number of halogens is 3. The zero-order valence-electron chi connectivity index (χ0n) is 18.3. The maximum atomic E-state index is 14.1. The van der Waals surface area contributed by atoms with Crippen molar-refractivity contribution in [2.24, 2.45) is 0 Å². The number of methoxy groups -OCH3 is 1. The molecule has 1 aliphatic heterocycles. The van der Waals surface area contributed by atoms with Crippen molar-refractivity contribution < 1.29 is 27.8 Å². The topological polar surface area (TPSA) is 67.9 Å². The zero-order valence-corrected chi connectivity index (χ0v) is 19.1. The normalized spacial score (nSPS) is 15.7. The number of carbonyl (C=O) groups is 2. The van der Waals surface area contributed by atoms with Crippen LogP contribution in [0.3, 0.4) is 0 Å². The molecule has 0 saturated carbocycles. The minimum Gasteiger partial charge on any atom is -0.489 e. The Morgan fingerprint density at radius 1 is 1.22 bits per heavy atom. The molecular formula is C23H25ClF2N2O4. The van der Waals surface area contributed by atoms with E-state index in [9.17, 15) is 18.4 Å². The molecule has 1 N–H and O–H groups in total. The molecule has 0 spiro atoms. The molecule has 0 unspecified atom stereocenters. The molecule has 0 aromatic heterocycles. The van der Waals surface area contributed by atoms with Gasteiger partial charge in [0, 0.05) is 12.1 Å². The van der Waals surface area contributed by atoms with E-state index in [0.29, 0.717) is 17.7 Å². The zero-order chi connectivity index (χ0) is 23.6. The standard InChI is InChI=1S/C23H25ClF2N2O4/c1-23(2,3)27-22(30)28-10-9-13-11-14(5-6-15(13)20(28)21(29)31-4)32-12-16-18(25)8-7-17(24)19(16)26/h5-8,11,20H,9-10,12H2,1-4H3,(H,27,30)/t20-/m1/s1. The largest absolute Gasteiger partial charge is 0.489 e. The van der Waals surface area contributed by atoms with Gasteiger partial charge < -0.3 is 19.7 Å². The summed E-state index contributed by atoms with van der Waals surface area (Å²) in [4.78, 5) is 26.8. The minimum atomic E-state index is -0.914. The second kappa shape index (κ2) is 9.32. The molecule has 172 valence electrons. The van der Waals surface area contributed by atoms with E-state index in [0.717, 1.165) is 17.7 Å². The number of carbonyl (C=O) groups excluding carboxylic acids is 2. The molecule has 1 atom stereocenters. The van der Waals surface area contributed by atoms with Gasteiger partial charge in [-0.3, -0.25) is 0 Å². The third-order valence-corrected chi connectivity index (χ3v) is 5.32. The smallest absolute Gasteiger partial charge is 0.333 e. The fourth-order valence-corrected chi connectivity index (χ4v) is 3.70. The van der Waals surface area contributed by atoms with E-state index in [1.54, 1.807) is 18.2 Å². The number of ether oxygens (including phenoxy) is 2. The first-order valence-corrected chi connectivity index (χ1v) is 10.4. The monoisotopic (exact) mass is 466 g/mol.